The van der Waals surface area contributed by atoms with Gasteiger partial charge in [-0.15, -0.1) is 11.3 Å². The Morgan fingerprint density at radius 1 is 1.38 bits per heavy atom. The van der Waals surface area contributed by atoms with Gasteiger partial charge in [-0.3, -0.25) is 10.1 Å². The molecule has 1 aromatic heterocycles. The molecule has 4 nitrogen and oxygen atoms in total. The molecule has 0 saturated carbocycles. The van der Waals surface area contributed by atoms with Crippen LogP contribution >= 0.6 is 11.3 Å². The van der Waals surface area contributed by atoms with Crippen LogP contribution in [0.15, 0.2) is 24.3 Å². The van der Waals surface area contributed by atoms with Crippen LogP contribution in [0.4, 0.5) is 9.52 Å². The first kappa shape index (κ1) is 14.0. The van der Waals surface area contributed by atoms with Gasteiger partial charge < -0.3 is 4.74 Å². The van der Waals surface area contributed by atoms with Crippen molar-refractivity contribution in [3.63, 3.8) is 0 Å². The quantitative estimate of drug-likeness (QED) is 0.944. The maximum absolute atomic E-state index is 12.8. The average Bonchev–Trinajstić information content (AvgIpc) is 3.02. The third-order valence-corrected chi connectivity index (χ3v) is 4.39. The van der Waals surface area contributed by atoms with Crippen molar-refractivity contribution in [3.8, 4) is 5.75 Å². The van der Waals surface area contributed by atoms with E-state index >= 15 is 0 Å². The Kier molecular flexibility index (Phi) is 3.88. The fourth-order valence-corrected chi connectivity index (χ4v) is 3.27. The van der Waals surface area contributed by atoms with E-state index in [1.54, 1.807) is 6.92 Å². The second kappa shape index (κ2) is 5.81. The number of aryl methyl sites for hydroxylation is 2. The molecule has 0 bridgehead atoms. The highest BCUT2D eigenvalue weighted by atomic mass is 32.1. The van der Waals surface area contributed by atoms with Crippen molar-refractivity contribution in [1.29, 1.82) is 0 Å². The molecule has 0 unspecified atom stereocenters. The van der Waals surface area contributed by atoms with Gasteiger partial charge in [0.15, 0.2) is 11.2 Å². The van der Waals surface area contributed by atoms with Gasteiger partial charge in [-0.1, -0.05) is 0 Å². The molecule has 21 heavy (non-hydrogen) atoms. The second-order valence-electron chi connectivity index (χ2n) is 4.95. The molecular formula is C15H15FN2O2S. The topological polar surface area (TPSA) is 51.2 Å². The van der Waals surface area contributed by atoms with Crippen molar-refractivity contribution in [2.45, 2.75) is 32.3 Å². The number of aromatic nitrogens is 1. The summed E-state index contributed by atoms with van der Waals surface area (Å²) in [6.45, 7) is 1.65. The van der Waals surface area contributed by atoms with Crippen molar-refractivity contribution in [3.05, 3.63) is 40.7 Å². The summed E-state index contributed by atoms with van der Waals surface area (Å²) in [5.41, 5.74) is 1.10. The Morgan fingerprint density at radius 2 is 2.14 bits per heavy atom. The number of carbonyl (C=O) groups excluding carboxylic acids is 1. The maximum atomic E-state index is 12.8. The summed E-state index contributed by atoms with van der Waals surface area (Å²) in [5, 5.41) is 3.40. The summed E-state index contributed by atoms with van der Waals surface area (Å²) < 4.78 is 18.3. The van der Waals surface area contributed by atoms with Crippen molar-refractivity contribution < 1.29 is 13.9 Å². The number of anilines is 1. The Labute approximate surface area is 126 Å². The molecule has 1 atom stereocenters. The molecule has 1 N–H and O–H groups in total. The summed E-state index contributed by atoms with van der Waals surface area (Å²) >= 11 is 1.53. The van der Waals surface area contributed by atoms with Gasteiger partial charge >= 0.3 is 0 Å². The van der Waals surface area contributed by atoms with Gasteiger partial charge in [0.05, 0.1) is 5.69 Å². The molecule has 1 amide bonds. The molecule has 3 rings (SSSR count). The van der Waals surface area contributed by atoms with Crippen LogP contribution < -0.4 is 10.1 Å². The maximum Gasteiger partial charge on any atom is 0.266 e. The highest BCUT2D eigenvalue weighted by molar-refractivity contribution is 7.15. The van der Waals surface area contributed by atoms with Gasteiger partial charge in [-0.05, 0) is 50.5 Å². The number of halogens is 1. The van der Waals surface area contributed by atoms with Crippen molar-refractivity contribution in [1.82, 2.24) is 4.98 Å². The van der Waals surface area contributed by atoms with Crippen LogP contribution in [0.2, 0.25) is 0 Å². The largest absolute Gasteiger partial charge is 0.481 e. The molecule has 2 aromatic rings. The third kappa shape index (κ3) is 3.21. The van der Waals surface area contributed by atoms with E-state index in [1.807, 2.05) is 0 Å². The monoisotopic (exact) mass is 306 g/mol. The Balaban J connectivity index is 1.60. The van der Waals surface area contributed by atoms with E-state index in [-0.39, 0.29) is 11.7 Å². The van der Waals surface area contributed by atoms with Crippen molar-refractivity contribution in [2.75, 3.05) is 5.32 Å². The van der Waals surface area contributed by atoms with Crippen molar-refractivity contribution >= 4 is 22.4 Å². The van der Waals surface area contributed by atoms with Crippen LogP contribution in [0.3, 0.4) is 0 Å². The lowest BCUT2D eigenvalue weighted by Gasteiger charge is -2.13. The molecule has 1 aliphatic rings. The zero-order chi connectivity index (χ0) is 14.8. The van der Waals surface area contributed by atoms with Gasteiger partial charge in [0, 0.05) is 4.88 Å². The lowest BCUT2D eigenvalue weighted by molar-refractivity contribution is -0.122. The molecule has 0 aliphatic heterocycles. The Bertz CT molecular complexity index is 633. The number of ether oxygens (including phenoxy) is 1. The highest BCUT2D eigenvalue weighted by Gasteiger charge is 2.20. The molecular weight excluding hydrogens is 291 g/mol. The summed E-state index contributed by atoms with van der Waals surface area (Å²) in [5.74, 6) is -0.135. The van der Waals surface area contributed by atoms with Gasteiger partial charge in [-0.25, -0.2) is 9.37 Å². The van der Waals surface area contributed by atoms with Crippen LogP contribution in [0.25, 0.3) is 0 Å². The Hall–Kier alpha value is -1.95. The van der Waals surface area contributed by atoms with Crippen LogP contribution in [0, 0.1) is 5.82 Å². The van der Waals surface area contributed by atoms with Crippen LogP contribution in [0.5, 0.6) is 5.75 Å². The lowest BCUT2D eigenvalue weighted by atomic mass is 10.3. The van der Waals surface area contributed by atoms with E-state index in [4.69, 9.17) is 4.74 Å². The first-order valence-corrected chi connectivity index (χ1v) is 7.65. The first-order valence-electron chi connectivity index (χ1n) is 6.83. The van der Waals surface area contributed by atoms with E-state index < -0.39 is 6.10 Å². The molecule has 6 heteroatoms. The van der Waals surface area contributed by atoms with Crippen LogP contribution in [-0.2, 0) is 17.6 Å². The van der Waals surface area contributed by atoms with E-state index in [1.165, 1.54) is 40.5 Å². The lowest BCUT2D eigenvalue weighted by Crippen LogP contribution is -2.30. The zero-order valence-electron chi connectivity index (χ0n) is 11.6. The fraction of sp³-hybridized carbons (Fsp3) is 0.333. The van der Waals surface area contributed by atoms with Crippen molar-refractivity contribution in [2.24, 2.45) is 0 Å². The standard InChI is InChI=1S/C15H15FN2O2S/c1-9(20-11-7-5-10(16)6-8-11)14(19)18-15-17-12-3-2-4-13(12)21-15/h5-9H,2-4H2,1H3,(H,17,18,19)/t9-/m0/s1. The minimum absolute atomic E-state index is 0.258. The Morgan fingerprint density at radius 3 is 2.86 bits per heavy atom. The SMILES string of the molecule is C[C@H](Oc1ccc(F)cc1)C(=O)Nc1nc2c(s1)CCC2. The number of hydrogen-bond donors (Lipinski definition) is 1. The number of amides is 1. The number of rotatable bonds is 4. The first-order chi connectivity index (χ1) is 10.1. The number of carbonyl (C=O) groups is 1. The van der Waals surface area contributed by atoms with E-state index in [9.17, 15) is 9.18 Å². The number of thiazole rings is 1. The number of hydrogen-bond acceptors (Lipinski definition) is 4. The van der Waals surface area contributed by atoms with Gasteiger partial charge in [-0.2, -0.15) is 0 Å². The molecule has 0 spiro atoms. The molecule has 0 fully saturated rings. The van der Waals surface area contributed by atoms with Crippen LogP contribution in [-0.4, -0.2) is 17.0 Å². The second-order valence-corrected chi connectivity index (χ2v) is 6.03. The number of fused-ring (bicyclic) bond motifs is 1. The summed E-state index contributed by atoms with van der Waals surface area (Å²) in [6.07, 6.45) is 2.51. The molecule has 0 radical (unpaired) electrons. The third-order valence-electron chi connectivity index (χ3n) is 3.32. The highest BCUT2D eigenvalue weighted by Crippen LogP contribution is 2.30. The zero-order valence-corrected chi connectivity index (χ0v) is 12.4. The fourth-order valence-electron chi connectivity index (χ4n) is 2.22. The normalized spacial score (nSPS) is 14.6. The molecule has 110 valence electrons. The smallest absolute Gasteiger partial charge is 0.266 e. The molecule has 1 heterocycles. The van der Waals surface area contributed by atoms with Crippen LogP contribution in [0.1, 0.15) is 23.9 Å². The average molecular weight is 306 g/mol. The minimum atomic E-state index is -0.672. The van der Waals surface area contributed by atoms with Gasteiger partial charge in [0.25, 0.3) is 5.91 Å². The summed E-state index contributed by atoms with van der Waals surface area (Å²) in [6, 6.07) is 5.59. The van der Waals surface area contributed by atoms with E-state index in [2.05, 4.69) is 10.3 Å². The number of benzene rings is 1. The molecule has 0 saturated heterocycles. The molecule has 1 aliphatic carbocycles. The molecule has 1 aromatic carbocycles. The summed E-state index contributed by atoms with van der Waals surface area (Å²) in [7, 11) is 0. The van der Waals surface area contributed by atoms with Gasteiger partial charge in [0.1, 0.15) is 11.6 Å². The van der Waals surface area contributed by atoms with E-state index in [0.717, 1.165) is 25.0 Å². The number of nitrogens with one attached hydrogen (secondary N) is 1. The predicted molar refractivity (Wildman–Crippen MR) is 79.3 cm³/mol. The van der Waals surface area contributed by atoms with E-state index in [0.29, 0.717) is 10.9 Å². The summed E-state index contributed by atoms with van der Waals surface area (Å²) in [4.78, 5) is 17.7. The predicted octanol–water partition coefficient (Wildman–Crippen LogP) is 3.18. The minimum Gasteiger partial charge on any atom is -0.481 e. The van der Waals surface area contributed by atoms with Gasteiger partial charge in [0.2, 0.25) is 0 Å². The number of nitrogens with zero attached hydrogens (tertiary/aromatic N) is 1.